The van der Waals surface area contributed by atoms with Crippen LogP contribution in [0, 0.1) is 18.7 Å². The molecule has 39 heavy (non-hydrogen) atoms. The molecule has 0 radical (unpaired) electrons. The number of nitrogens with zero attached hydrogens (tertiary/aromatic N) is 4. The highest BCUT2D eigenvalue weighted by molar-refractivity contribution is 6.35. The van der Waals surface area contributed by atoms with Crippen LogP contribution in [0.4, 0.5) is 8.78 Å². The number of aromatic hydroxyl groups is 1. The molecule has 12 heteroatoms. The number of halogens is 2. The molecule has 0 unspecified atom stereocenters. The van der Waals surface area contributed by atoms with Gasteiger partial charge >= 0.3 is 11.8 Å². The van der Waals surface area contributed by atoms with Gasteiger partial charge in [-0.15, -0.1) is 0 Å². The molecule has 208 valence electrons. The number of hydrogen-bond acceptors (Lipinski definition) is 6. The molecule has 2 aromatic rings. The average Bonchev–Trinajstić information content (AvgIpc) is 3.22. The Hall–Kier alpha value is -3.83. The fraction of sp³-hybridized carbons (Fsp3) is 0.519. The number of amides is 3. The summed E-state index contributed by atoms with van der Waals surface area (Å²) in [6, 6.07) is 4.37. The van der Waals surface area contributed by atoms with Gasteiger partial charge in [0, 0.05) is 26.7 Å². The summed E-state index contributed by atoms with van der Waals surface area (Å²) in [7, 11) is 1.47. The molecule has 6 rings (SSSR count). The first-order valence-electron chi connectivity index (χ1n) is 13.1. The number of likely N-dealkylation sites (tertiary alicyclic amines) is 1. The van der Waals surface area contributed by atoms with Crippen LogP contribution in [0.15, 0.2) is 23.0 Å². The SMILES string of the molecule is Cc1cc(CNC(=O)c2nc3n(c(=O)c2O)CC2CCC3(N(C)C(=O)C(=O)N3CC[C@@H](F)C3)CC2)ccc1F. The zero-order chi connectivity index (χ0) is 28.1. The van der Waals surface area contributed by atoms with Gasteiger partial charge in [0.1, 0.15) is 23.4 Å². The molecule has 2 N–H and O–H groups in total. The molecule has 10 nitrogen and oxygen atoms in total. The second-order valence-corrected chi connectivity index (χ2v) is 10.8. The Morgan fingerprint density at radius 2 is 1.92 bits per heavy atom. The van der Waals surface area contributed by atoms with Crippen molar-refractivity contribution in [3.63, 3.8) is 0 Å². The topological polar surface area (TPSA) is 125 Å². The Morgan fingerprint density at radius 1 is 1.21 bits per heavy atom. The Bertz CT molecular complexity index is 1400. The fourth-order valence-electron chi connectivity index (χ4n) is 5.99. The molecule has 4 heterocycles. The third-order valence-corrected chi connectivity index (χ3v) is 8.37. The van der Waals surface area contributed by atoms with E-state index in [0.717, 1.165) is 0 Å². The first kappa shape index (κ1) is 26.8. The lowest BCUT2D eigenvalue weighted by Gasteiger charge is -2.43. The molecule has 1 atom stereocenters. The minimum Gasteiger partial charge on any atom is -0.501 e. The minimum absolute atomic E-state index is 0.00496. The van der Waals surface area contributed by atoms with Gasteiger partial charge < -0.3 is 20.2 Å². The number of fused-ring (bicyclic) bond motifs is 2. The molecule has 3 aliphatic heterocycles. The van der Waals surface area contributed by atoms with Gasteiger partial charge in [0.15, 0.2) is 5.69 Å². The monoisotopic (exact) mass is 543 g/mol. The lowest BCUT2D eigenvalue weighted by Crippen LogP contribution is -2.55. The highest BCUT2D eigenvalue weighted by Gasteiger charge is 2.50. The minimum atomic E-state index is -1.18. The number of carbonyl (C=O) groups excluding carboxylic acids is 3. The average molecular weight is 544 g/mol. The van der Waals surface area contributed by atoms with E-state index >= 15 is 0 Å². The van der Waals surface area contributed by atoms with Crippen molar-refractivity contribution in [2.75, 3.05) is 20.1 Å². The number of nitrogens with one attached hydrogen (secondary N) is 1. The van der Waals surface area contributed by atoms with E-state index in [9.17, 15) is 33.1 Å². The Balaban J connectivity index is 1.49. The second-order valence-electron chi connectivity index (χ2n) is 10.8. The van der Waals surface area contributed by atoms with Crippen molar-refractivity contribution in [3.05, 3.63) is 57.0 Å². The lowest BCUT2D eigenvalue weighted by molar-refractivity contribution is -0.155. The maximum absolute atomic E-state index is 13.7. The third kappa shape index (κ3) is 4.65. The predicted molar refractivity (Wildman–Crippen MR) is 135 cm³/mol. The summed E-state index contributed by atoms with van der Waals surface area (Å²) >= 11 is 0. The standard InChI is InChI=1S/C27H31F2N5O5/c1-15-11-17(3-4-19(15)29)12-30-22(36)20-21(35)23(37)34-13-16-5-8-27(9-6-16,26(34)31-20)32(2)24(38)25(39)33-10-7-18(28)14-33/h3-4,11,16,18,35H,5-10,12-14H2,1-2H3,(H,30,36)/t16?,18-,27?/m1/s1. The molecule has 1 aromatic heterocycles. The summed E-state index contributed by atoms with van der Waals surface area (Å²) in [4.78, 5) is 59.7. The normalized spacial score (nSPS) is 23.7. The predicted octanol–water partition coefficient (Wildman–Crippen LogP) is 1.75. The summed E-state index contributed by atoms with van der Waals surface area (Å²) in [5.74, 6) is -3.41. The van der Waals surface area contributed by atoms with Crippen molar-refractivity contribution in [2.45, 2.75) is 63.8 Å². The van der Waals surface area contributed by atoms with E-state index in [0.29, 0.717) is 36.8 Å². The fourth-order valence-corrected chi connectivity index (χ4v) is 5.99. The highest BCUT2D eigenvalue weighted by Crippen LogP contribution is 2.46. The molecule has 1 saturated heterocycles. The molecule has 1 aliphatic carbocycles. The number of likely N-dealkylation sites (N-methyl/N-ethyl adjacent to an activating group) is 1. The third-order valence-electron chi connectivity index (χ3n) is 8.37. The summed E-state index contributed by atoms with van der Waals surface area (Å²) in [5, 5.41) is 13.3. The van der Waals surface area contributed by atoms with Crippen LogP contribution in [0.3, 0.4) is 0 Å². The van der Waals surface area contributed by atoms with Crippen LogP contribution >= 0.6 is 0 Å². The quantitative estimate of drug-likeness (QED) is 0.567. The molecule has 2 fully saturated rings. The molecule has 1 aromatic carbocycles. The maximum atomic E-state index is 13.7. The molecule has 2 bridgehead atoms. The van der Waals surface area contributed by atoms with E-state index in [1.807, 2.05) is 0 Å². The van der Waals surface area contributed by atoms with E-state index in [-0.39, 0.29) is 50.2 Å². The number of aryl methyl sites for hydroxylation is 1. The number of alkyl halides is 1. The van der Waals surface area contributed by atoms with Crippen molar-refractivity contribution in [1.29, 1.82) is 0 Å². The smallest absolute Gasteiger partial charge is 0.312 e. The van der Waals surface area contributed by atoms with Crippen molar-refractivity contribution >= 4 is 17.7 Å². The van der Waals surface area contributed by atoms with Crippen LogP contribution in [0.25, 0.3) is 0 Å². The molecular formula is C27H31F2N5O5. The van der Waals surface area contributed by atoms with Crippen LogP contribution in [-0.2, 0) is 28.2 Å². The van der Waals surface area contributed by atoms with E-state index in [1.54, 1.807) is 13.0 Å². The van der Waals surface area contributed by atoms with Gasteiger partial charge in [-0.25, -0.2) is 13.8 Å². The number of benzene rings is 1. The number of aromatic nitrogens is 2. The Morgan fingerprint density at radius 3 is 2.56 bits per heavy atom. The van der Waals surface area contributed by atoms with E-state index in [2.05, 4.69) is 10.3 Å². The summed E-state index contributed by atoms with van der Waals surface area (Å²) < 4.78 is 28.6. The van der Waals surface area contributed by atoms with Crippen LogP contribution in [0.1, 0.15) is 59.5 Å². The Labute approximate surface area is 223 Å². The van der Waals surface area contributed by atoms with E-state index in [4.69, 9.17) is 0 Å². The van der Waals surface area contributed by atoms with Crippen molar-refractivity contribution in [2.24, 2.45) is 5.92 Å². The van der Waals surface area contributed by atoms with Gasteiger partial charge in [-0.05, 0) is 62.1 Å². The van der Waals surface area contributed by atoms with Gasteiger partial charge in [0.25, 0.3) is 11.5 Å². The molecule has 1 saturated carbocycles. The van der Waals surface area contributed by atoms with E-state index in [1.165, 1.54) is 33.5 Å². The van der Waals surface area contributed by atoms with Crippen molar-refractivity contribution in [1.82, 2.24) is 24.7 Å². The van der Waals surface area contributed by atoms with Crippen LogP contribution in [-0.4, -0.2) is 68.5 Å². The van der Waals surface area contributed by atoms with Gasteiger partial charge in [-0.1, -0.05) is 12.1 Å². The van der Waals surface area contributed by atoms with Crippen molar-refractivity contribution in [3.8, 4) is 5.75 Å². The largest absolute Gasteiger partial charge is 0.501 e. The van der Waals surface area contributed by atoms with Crippen LogP contribution in [0.5, 0.6) is 5.75 Å². The molecule has 4 aliphatic rings. The zero-order valence-electron chi connectivity index (χ0n) is 21.9. The molecule has 0 spiro atoms. The number of hydrogen-bond donors (Lipinski definition) is 2. The highest BCUT2D eigenvalue weighted by atomic mass is 19.1. The number of carbonyl (C=O) groups is 3. The van der Waals surface area contributed by atoms with E-state index < -0.39 is 46.4 Å². The van der Waals surface area contributed by atoms with Crippen LogP contribution in [0.2, 0.25) is 0 Å². The zero-order valence-corrected chi connectivity index (χ0v) is 21.9. The molecular weight excluding hydrogens is 512 g/mol. The van der Waals surface area contributed by atoms with Gasteiger partial charge in [-0.2, -0.15) is 0 Å². The van der Waals surface area contributed by atoms with Gasteiger partial charge in [0.2, 0.25) is 5.75 Å². The molecule has 3 amide bonds. The van der Waals surface area contributed by atoms with Crippen molar-refractivity contribution < 1.29 is 28.3 Å². The van der Waals surface area contributed by atoms with Crippen LogP contribution < -0.4 is 10.9 Å². The lowest BCUT2D eigenvalue weighted by atomic mass is 9.76. The second kappa shape index (κ2) is 10.0. The van der Waals surface area contributed by atoms with Gasteiger partial charge in [-0.3, -0.25) is 23.7 Å². The first-order chi connectivity index (χ1) is 18.5. The maximum Gasteiger partial charge on any atom is 0.312 e. The summed E-state index contributed by atoms with van der Waals surface area (Å²) in [6.45, 7) is 1.87. The van der Waals surface area contributed by atoms with Gasteiger partial charge in [0.05, 0.1) is 6.54 Å². The first-order valence-corrected chi connectivity index (χ1v) is 13.1. The Kier molecular flexibility index (Phi) is 6.90. The summed E-state index contributed by atoms with van der Waals surface area (Å²) in [6.07, 6.45) is 1.11. The summed E-state index contributed by atoms with van der Waals surface area (Å²) in [5.41, 5.74) is -1.42. The number of rotatable bonds is 4.